The number of hydrogen-bond donors (Lipinski definition) is 1. The molecule has 0 fully saturated rings. The molecular weight excluding hydrogens is 312 g/mol. The van der Waals surface area contributed by atoms with Crippen LogP contribution < -0.4 is 5.32 Å². The van der Waals surface area contributed by atoms with Crippen molar-refractivity contribution < 1.29 is 0 Å². The lowest BCUT2D eigenvalue weighted by atomic mass is 9.99. The molecule has 1 aromatic heterocycles. The van der Waals surface area contributed by atoms with Gasteiger partial charge in [-0.1, -0.05) is 29.8 Å². The average Bonchev–Trinajstić information content (AvgIpc) is 2.35. The molecule has 0 spiro atoms. The lowest BCUT2D eigenvalue weighted by molar-refractivity contribution is 0.688. The quantitative estimate of drug-likeness (QED) is 0.918. The lowest BCUT2D eigenvalue weighted by Crippen LogP contribution is -2.18. The molecule has 0 aliphatic heterocycles. The average molecular weight is 326 g/mol. The van der Waals surface area contributed by atoms with Crippen LogP contribution >= 0.6 is 27.5 Å². The third kappa shape index (κ3) is 2.74. The van der Waals surface area contributed by atoms with Crippen LogP contribution in [0.1, 0.15) is 22.7 Å². The van der Waals surface area contributed by atoms with E-state index in [1.807, 2.05) is 44.6 Å². The molecule has 2 nitrogen and oxygen atoms in total. The molecule has 18 heavy (non-hydrogen) atoms. The maximum absolute atomic E-state index is 6.35. The first-order chi connectivity index (χ1) is 8.63. The van der Waals surface area contributed by atoms with E-state index in [1.54, 1.807) is 0 Å². The Labute approximate surface area is 121 Å². The van der Waals surface area contributed by atoms with E-state index in [1.165, 1.54) is 0 Å². The number of aryl methyl sites for hydroxylation is 1. The summed E-state index contributed by atoms with van der Waals surface area (Å²) < 4.78 is 0.905. The molecule has 94 valence electrons. The Hall–Kier alpha value is -0.900. The van der Waals surface area contributed by atoms with Crippen molar-refractivity contribution in [3.8, 4) is 0 Å². The van der Waals surface area contributed by atoms with Gasteiger partial charge in [-0.25, -0.2) is 0 Å². The maximum Gasteiger partial charge on any atom is 0.0604 e. The first kappa shape index (κ1) is 13.5. The largest absolute Gasteiger partial charge is 0.309 e. The Balaban J connectivity index is 2.49. The summed E-state index contributed by atoms with van der Waals surface area (Å²) in [6, 6.07) is 8.11. The van der Waals surface area contributed by atoms with E-state index in [0.717, 1.165) is 26.2 Å². The first-order valence-electron chi connectivity index (χ1n) is 5.66. The monoisotopic (exact) mass is 324 g/mol. The number of pyridine rings is 1. The summed E-state index contributed by atoms with van der Waals surface area (Å²) in [5.74, 6) is 0. The number of hydrogen-bond acceptors (Lipinski definition) is 2. The number of rotatable bonds is 3. The zero-order valence-corrected chi connectivity index (χ0v) is 12.6. The molecule has 0 radical (unpaired) electrons. The minimum absolute atomic E-state index is 0.0439. The predicted molar refractivity (Wildman–Crippen MR) is 79.0 cm³/mol. The fourth-order valence-corrected chi connectivity index (χ4v) is 2.60. The van der Waals surface area contributed by atoms with Crippen molar-refractivity contribution in [2.24, 2.45) is 0 Å². The highest BCUT2D eigenvalue weighted by molar-refractivity contribution is 9.10. The topological polar surface area (TPSA) is 24.9 Å². The molecule has 4 heteroatoms. The van der Waals surface area contributed by atoms with Crippen molar-refractivity contribution >= 4 is 27.5 Å². The molecule has 0 aliphatic rings. The van der Waals surface area contributed by atoms with Gasteiger partial charge in [0, 0.05) is 16.9 Å². The molecule has 0 amide bonds. The predicted octanol–water partition coefficient (Wildman–Crippen LogP) is 4.11. The van der Waals surface area contributed by atoms with Crippen molar-refractivity contribution in [1.82, 2.24) is 10.3 Å². The van der Waals surface area contributed by atoms with Gasteiger partial charge < -0.3 is 5.32 Å². The second-order valence-electron chi connectivity index (χ2n) is 4.16. The van der Waals surface area contributed by atoms with Crippen LogP contribution in [0.5, 0.6) is 0 Å². The highest BCUT2D eigenvalue weighted by Crippen LogP contribution is 2.33. The SMILES string of the molecule is CNC(c1cncc(C)c1)c1cccc(Br)c1Cl. The van der Waals surface area contributed by atoms with Crippen molar-refractivity contribution in [2.75, 3.05) is 7.05 Å². The van der Waals surface area contributed by atoms with Crippen molar-refractivity contribution in [1.29, 1.82) is 0 Å². The number of aromatic nitrogens is 1. The third-order valence-electron chi connectivity index (χ3n) is 2.81. The maximum atomic E-state index is 6.35. The van der Waals surface area contributed by atoms with Crippen LogP contribution in [0.2, 0.25) is 5.02 Å². The van der Waals surface area contributed by atoms with Crippen LogP contribution in [0.25, 0.3) is 0 Å². The van der Waals surface area contributed by atoms with Crippen LogP contribution in [0.15, 0.2) is 41.1 Å². The van der Waals surface area contributed by atoms with Crippen LogP contribution in [0.3, 0.4) is 0 Å². The fourth-order valence-electron chi connectivity index (χ4n) is 1.98. The minimum Gasteiger partial charge on any atom is -0.309 e. The van der Waals surface area contributed by atoms with E-state index >= 15 is 0 Å². The molecule has 1 aromatic carbocycles. The molecule has 0 saturated heterocycles. The molecule has 1 heterocycles. The Bertz CT molecular complexity index is 557. The fraction of sp³-hybridized carbons (Fsp3) is 0.214. The molecule has 0 saturated carbocycles. The molecule has 0 aliphatic carbocycles. The Kier molecular flexibility index (Phi) is 4.38. The van der Waals surface area contributed by atoms with Crippen molar-refractivity contribution in [3.05, 3.63) is 62.8 Å². The summed E-state index contributed by atoms with van der Waals surface area (Å²) in [6.45, 7) is 2.03. The molecule has 1 unspecified atom stereocenters. The van der Waals surface area contributed by atoms with E-state index in [4.69, 9.17) is 11.6 Å². The summed E-state index contributed by atoms with van der Waals surface area (Å²) in [6.07, 6.45) is 3.71. The molecule has 2 rings (SSSR count). The van der Waals surface area contributed by atoms with Gasteiger partial charge in [-0.05, 0) is 52.7 Å². The van der Waals surface area contributed by atoms with Gasteiger partial charge in [-0.15, -0.1) is 0 Å². The second-order valence-corrected chi connectivity index (χ2v) is 5.39. The van der Waals surface area contributed by atoms with Crippen LogP contribution in [-0.2, 0) is 0 Å². The minimum atomic E-state index is 0.0439. The van der Waals surface area contributed by atoms with E-state index < -0.39 is 0 Å². The summed E-state index contributed by atoms with van der Waals surface area (Å²) in [5, 5.41) is 4.02. The van der Waals surface area contributed by atoms with E-state index in [9.17, 15) is 0 Å². The van der Waals surface area contributed by atoms with Gasteiger partial charge in [0.25, 0.3) is 0 Å². The number of halogens is 2. The summed E-state index contributed by atoms with van der Waals surface area (Å²) in [4.78, 5) is 4.24. The van der Waals surface area contributed by atoms with Crippen molar-refractivity contribution in [3.63, 3.8) is 0 Å². The molecule has 2 aromatic rings. The van der Waals surface area contributed by atoms with Crippen LogP contribution in [-0.4, -0.2) is 12.0 Å². The summed E-state index contributed by atoms with van der Waals surface area (Å²) in [5.41, 5.74) is 3.29. The zero-order valence-electron chi connectivity index (χ0n) is 10.2. The molecular formula is C14H14BrClN2. The zero-order chi connectivity index (χ0) is 13.1. The molecule has 1 atom stereocenters. The second kappa shape index (κ2) is 5.83. The Morgan fingerprint density at radius 1 is 1.33 bits per heavy atom. The van der Waals surface area contributed by atoms with E-state index in [2.05, 4.69) is 32.3 Å². The third-order valence-corrected chi connectivity index (χ3v) is 4.12. The van der Waals surface area contributed by atoms with Gasteiger partial charge in [0.1, 0.15) is 0 Å². The van der Waals surface area contributed by atoms with Gasteiger partial charge in [-0.3, -0.25) is 4.98 Å². The van der Waals surface area contributed by atoms with Gasteiger partial charge in [0.2, 0.25) is 0 Å². The smallest absolute Gasteiger partial charge is 0.0604 e. The highest BCUT2D eigenvalue weighted by atomic mass is 79.9. The normalized spacial score (nSPS) is 12.4. The molecule has 0 bridgehead atoms. The van der Waals surface area contributed by atoms with Gasteiger partial charge in [-0.2, -0.15) is 0 Å². The van der Waals surface area contributed by atoms with Gasteiger partial charge in [0.15, 0.2) is 0 Å². The standard InChI is InChI=1S/C14H14BrClN2/c1-9-6-10(8-18-7-9)14(17-2)11-4-3-5-12(15)13(11)16/h3-8,14,17H,1-2H3. The summed E-state index contributed by atoms with van der Waals surface area (Å²) >= 11 is 9.80. The van der Waals surface area contributed by atoms with Crippen LogP contribution in [0.4, 0.5) is 0 Å². The van der Waals surface area contributed by atoms with Crippen LogP contribution in [0, 0.1) is 6.92 Å². The van der Waals surface area contributed by atoms with Gasteiger partial charge >= 0.3 is 0 Å². The number of benzene rings is 1. The van der Waals surface area contributed by atoms with E-state index in [0.29, 0.717) is 0 Å². The lowest BCUT2D eigenvalue weighted by Gasteiger charge is -2.19. The van der Waals surface area contributed by atoms with E-state index in [-0.39, 0.29) is 6.04 Å². The Morgan fingerprint density at radius 2 is 2.11 bits per heavy atom. The van der Waals surface area contributed by atoms with Crippen molar-refractivity contribution in [2.45, 2.75) is 13.0 Å². The van der Waals surface area contributed by atoms with Gasteiger partial charge in [0.05, 0.1) is 11.1 Å². The highest BCUT2D eigenvalue weighted by Gasteiger charge is 2.16. The Morgan fingerprint density at radius 3 is 2.78 bits per heavy atom. The molecule has 1 N–H and O–H groups in total. The number of nitrogens with zero attached hydrogens (tertiary/aromatic N) is 1. The first-order valence-corrected chi connectivity index (χ1v) is 6.83. The summed E-state index contributed by atoms with van der Waals surface area (Å²) in [7, 11) is 1.92. The number of nitrogens with one attached hydrogen (secondary N) is 1.